The average Bonchev–Trinajstić information content (AvgIpc) is 3.37. The van der Waals surface area contributed by atoms with Crippen molar-refractivity contribution < 1.29 is 4.79 Å². The molecular weight excluding hydrogens is 342 g/mol. The molecule has 1 aliphatic rings. The Labute approximate surface area is 155 Å². The molecule has 1 saturated carbocycles. The van der Waals surface area contributed by atoms with Gasteiger partial charge < -0.3 is 14.5 Å². The van der Waals surface area contributed by atoms with Crippen LogP contribution in [-0.4, -0.2) is 41.7 Å². The molecule has 136 valence electrons. The van der Waals surface area contributed by atoms with Gasteiger partial charge in [-0.1, -0.05) is 5.21 Å². The normalized spacial score (nSPS) is 19.7. The Morgan fingerprint density at radius 1 is 1.26 bits per heavy atom. The minimum absolute atomic E-state index is 0.134. The highest BCUT2D eigenvalue weighted by atomic mass is 16.1. The monoisotopic (exact) mass is 361 g/mol. The van der Waals surface area contributed by atoms with Crippen molar-refractivity contribution in [1.82, 2.24) is 29.4 Å². The smallest absolute Gasteiger partial charge is 0.225 e. The van der Waals surface area contributed by atoms with Crippen molar-refractivity contribution in [2.24, 2.45) is 5.92 Å². The molecular formula is C19H19N7O. The fraction of sp³-hybridized carbons (Fsp3) is 0.316. The van der Waals surface area contributed by atoms with Crippen LogP contribution in [0.4, 0.5) is 5.95 Å². The lowest BCUT2D eigenvalue weighted by Crippen LogP contribution is -2.17. The number of anilines is 1. The van der Waals surface area contributed by atoms with Gasteiger partial charge in [-0.3, -0.25) is 0 Å². The van der Waals surface area contributed by atoms with Gasteiger partial charge in [0, 0.05) is 29.9 Å². The van der Waals surface area contributed by atoms with Crippen molar-refractivity contribution in [2.45, 2.75) is 32.2 Å². The standard InChI is InChI=1S/C19H19N7O/c1-12-6-15-4-5-16(10-25(15)9-12)26-18-17(23-24-26)8-20-19(22-18)21-14-3-2-13(7-14)11-27/h4-6,8-11,13-14H,2-3,7H2,1H3,(H,20,21,22)/t13-,14-/m1/s1. The molecule has 0 radical (unpaired) electrons. The number of hydrogen-bond acceptors (Lipinski definition) is 6. The van der Waals surface area contributed by atoms with Crippen LogP contribution in [0.2, 0.25) is 0 Å². The molecule has 4 heterocycles. The summed E-state index contributed by atoms with van der Waals surface area (Å²) in [5.41, 5.74) is 4.51. The predicted octanol–water partition coefficient (Wildman–Crippen LogP) is 2.55. The number of aromatic nitrogens is 6. The minimum Gasteiger partial charge on any atom is -0.351 e. The Morgan fingerprint density at radius 3 is 3.04 bits per heavy atom. The van der Waals surface area contributed by atoms with Gasteiger partial charge in [0.2, 0.25) is 5.95 Å². The largest absolute Gasteiger partial charge is 0.351 e. The van der Waals surface area contributed by atoms with Crippen molar-refractivity contribution in [3.63, 3.8) is 0 Å². The number of carbonyl (C=O) groups excluding carboxylic acids is 1. The van der Waals surface area contributed by atoms with Crippen LogP contribution < -0.4 is 5.32 Å². The zero-order valence-corrected chi connectivity index (χ0v) is 14.9. The quantitative estimate of drug-likeness (QED) is 0.562. The van der Waals surface area contributed by atoms with Crippen LogP contribution in [0.25, 0.3) is 22.4 Å². The van der Waals surface area contributed by atoms with Gasteiger partial charge in [-0.15, -0.1) is 5.10 Å². The van der Waals surface area contributed by atoms with E-state index in [-0.39, 0.29) is 12.0 Å². The number of fused-ring (bicyclic) bond motifs is 2. The maximum Gasteiger partial charge on any atom is 0.225 e. The number of carbonyl (C=O) groups is 1. The topological polar surface area (TPSA) is 90.0 Å². The zero-order chi connectivity index (χ0) is 18.4. The average molecular weight is 361 g/mol. The van der Waals surface area contributed by atoms with Crippen molar-refractivity contribution in [2.75, 3.05) is 5.32 Å². The Kier molecular flexibility index (Phi) is 3.63. The van der Waals surface area contributed by atoms with Gasteiger partial charge in [0.05, 0.1) is 11.9 Å². The maximum absolute atomic E-state index is 11.0. The molecule has 0 aliphatic heterocycles. The van der Waals surface area contributed by atoms with E-state index in [4.69, 9.17) is 0 Å². The first-order chi connectivity index (χ1) is 13.2. The van der Waals surface area contributed by atoms with Crippen molar-refractivity contribution in [1.29, 1.82) is 0 Å². The van der Waals surface area contributed by atoms with Gasteiger partial charge in [-0.2, -0.15) is 9.67 Å². The summed E-state index contributed by atoms with van der Waals surface area (Å²) in [5.74, 6) is 0.677. The molecule has 1 aliphatic carbocycles. The molecule has 0 amide bonds. The Bertz CT molecular complexity index is 1150. The summed E-state index contributed by atoms with van der Waals surface area (Å²) in [6.45, 7) is 2.07. The lowest BCUT2D eigenvalue weighted by molar-refractivity contribution is -0.110. The lowest BCUT2D eigenvalue weighted by Gasteiger charge is -2.11. The predicted molar refractivity (Wildman–Crippen MR) is 101 cm³/mol. The van der Waals surface area contributed by atoms with Gasteiger partial charge in [0.15, 0.2) is 11.2 Å². The Morgan fingerprint density at radius 2 is 2.19 bits per heavy atom. The molecule has 4 aromatic heterocycles. The summed E-state index contributed by atoms with van der Waals surface area (Å²) in [4.78, 5) is 19.9. The van der Waals surface area contributed by atoms with Crippen molar-refractivity contribution in [3.8, 4) is 5.69 Å². The summed E-state index contributed by atoms with van der Waals surface area (Å²) >= 11 is 0. The molecule has 8 heteroatoms. The molecule has 1 fully saturated rings. The maximum atomic E-state index is 11.0. The van der Waals surface area contributed by atoms with E-state index in [1.54, 1.807) is 10.9 Å². The number of aryl methyl sites for hydroxylation is 1. The number of hydrogen-bond donors (Lipinski definition) is 1. The highest BCUT2D eigenvalue weighted by Gasteiger charge is 2.24. The fourth-order valence-corrected chi connectivity index (χ4v) is 3.79. The summed E-state index contributed by atoms with van der Waals surface area (Å²) in [6, 6.07) is 6.40. The van der Waals surface area contributed by atoms with E-state index in [0.717, 1.165) is 36.8 Å². The molecule has 8 nitrogen and oxygen atoms in total. The number of pyridine rings is 1. The zero-order valence-electron chi connectivity index (χ0n) is 14.9. The molecule has 0 saturated heterocycles. The Hall–Kier alpha value is -3.29. The third-order valence-corrected chi connectivity index (χ3v) is 5.15. The molecule has 0 unspecified atom stereocenters. The summed E-state index contributed by atoms with van der Waals surface area (Å²) in [7, 11) is 0. The fourth-order valence-electron chi connectivity index (χ4n) is 3.79. The van der Waals surface area contributed by atoms with Crippen LogP contribution in [0.3, 0.4) is 0 Å². The number of nitrogens with one attached hydrogen (secondary N) is 1. The van der Waals surface area contributed by atoms with Gasteiger partial charge >= 0.3 is 0 Å². The third kappa shape index (κ3) is 2.83. The molecule has 27 heavy (non-hydrogen) atoms. The highest BCUT2D eigenvalue weighted by molar-refractivity contribution is 5.72. The van der Waals surface area contributed by atoms with Crippen LogP contribution in [0.15, 0.2) is 36.8 Å². The summed E-state index contributed by atoms with van der Waals surface area (Å²) < 4.78 is 3.79. The first-order valence-electron chi connectivity index (χ1n) is 9.08. The second kappa shape index (κ2) is 6.15. The van der Waals surface area contributed by atoms with E-state index in [1.165, 1.54) is 5.56 Å². The third-order valence-electron chi connectivity index (χ3n) is 5.15. The van der Waals surface area contributed by atoms with E-state index >= 15 is 0 Å². The molecule has 0 aromatic carbocycles. The van der Waals surface area contributed by atoms with E-state index in [1.807, 2.05) is 18.3 Å². The molecule has 2 atom stereocenters. The van der Waals surface area contributed by atoms with Gasteiger partial charge in [-0.05, 0) is 49.9 Å². The van der Waals surface area contributed by atoms with E-state index in [2.05, 4.69) is 49.2 Å². The number of rotatable bonds is 4. The first-order valence-corrected chi connectivity index (χ1v) is 9.08. The van der Waals surface area contributed by atoms with Gasteiger partial charge in [0.25, 0.3) is 0 Å². The molecule has 4 aromatic rings. The van der Waals surface area contributed by atoms with Crippen molar-refractivity contribution in [3.05, 3.63) is 42.4 Å². The van der Waals surface area contributed by atoms with Crippen molar-refractivity contribution >= 4 is 28.9 Å². The SMILES string of the molecule is Cc1cc2ccc(-n3nnc4cnc(N[C@@H]5CC[C@@H](C=O)C5)nc43)cn2c1. The van der Waals surface area contributed by atoms with Crippen LogP contribution in [0.1, 0.15) is 24.8 Å². The second-order valence-electron chi connectivity index (χ2n) is 7.19. The molecule has 1 N–H and O–H groups in total. The van der Waals surface area contributed by atoms with E-state index in [9.17, 15) is 4.79 Å². The van der Waals surface area contributed by atoms with Gasteiger partial charge in [-0.25, -0.2) is 4.98 Å². The minimum atomic E-state index is 0.134. The van der Waals surface area contributed by atoms with Crippen LogP contribution in [0, 0.1) is 12.8 Å². The van der Waals surface area contributed by atoms with Crippen LogP contribution in [-0.2, 0) is 4.79 Å². The van der Waals surface area contributed by atoms with Gasteiger partial charge in [0.1, 0.15) is 6.29 Å². The van der Waals surface area contributed by atoms with E-state index in [0.29, 0.717) is 17.1 Å². The first kappa shape index (κ1) is 15.9. The van der Waals surface area contributed by atoms with Crippen LogP contribution >= 0.6 is 0 Å². The number of nitrogens with zero attached hydrogens (tertiary/aromatic N) is 6. The number of aldehydes is 1. The Balaban J connectivity index is 1.50. The summed E-state index contributed by atoms with van der Waals surface area (Å²) in [6.07, 6.45) is 9.50. The molecule has 0 bridgehead atoms. The molecule has 0 spiro atoms. The second-order valence-corrected chi connectivity index (χ2v) is 7.19. The highest BCUT2D eigenvalue weighted by Crippen LogP contribution is 2.26. The lowest BCUT2D eigenvalue weighted by atomic mass is 10.1. The molecule has 5 rings (SSSR count). The summed E-state index contributed by atoms with van der Waals surface area (Å²) in [5, 5.41) is 11.8. The van der Waals surface area contributed by atoms with E-state index < -0.39 is 0 Å². The van der Waals surface area contributed by atoms with Crippen LogP contribution in [0.5, 0.6) is 0 Å².